The molecule has 0 radical (unpaired) electrons. The zero-order valence-corrected chi connectivity index (χ0v) is 54.7. The molecule has 5 aliphatic rings. The summed E-state index contributed by atoms with van der Waals surface area (Å²) in [5.74, 6) is 2.44. The lowest BCUT2D eigenvalue weighted by Gasteiger charge is -2.47. The van der Waals surface area contributed by atoms with Gasteiger partial charge in [0.25, 0.3) is 6.71 Å². The third-order valence-corrected chi connectivity index (χ3v) is 22.1. The maximum Gasteiger partial charge on any atom is 0.252 e. The highest BCUT2D eigenvalue weighted by molar-refractivity contribution is 7.00. The summed E-state index contributed by atoms with van der Waals surface area (Å²) in [5.41, 5.74) is 30.2. The molecule has 2 saturated carbocycles. The van der Waals surface area contributed by atoms with E-state index in [2.05, 4.69) is 334 Å². The monoisotopic (exact) mass is 1210 g/mol. The largest absolute Gasteiger partial charge is 0.368 e. The van der Waals surface area contributed by atoms with Crippen LogP contribution in [0.3, 0.4) is 0 Å². The number of anilines is 7. The van der Waals surface area contributed by atoms with E-state index in [1.165, 1.54) is 159 Å². The Hall–Kier alpha value is -10.1. The summed E-state index contributed by atoms with van der Waals surface area (Å²) in [7, 11) is 0. The molecule has 94 heavy (non-hydrogen) atoms. The summed E-state index contributed by atoms with van der Waals surface area (Å²) in [6.45, 7) is 15.0. The van der Waals surface area contributed by atoms with E-state index >= 15 is 0 Å². The van der Waals surface area contributed by atoms with Crippen LogP contribution in [0.4, 0.5) is 39.8 Å². The minimum Gasteiger partial charge on any atom is -0.368 e. The molecule has 13 aromatic rings. The highest BCUT2D eigenvalue weighted by Crippen LogP contribution is 2.56. The Labute approximate surface area is 554 Å². The molecule has 3 aliphatic heterocycles. The van der Waals surface area contributed by atoms with E-state index in [1.807, 2.05) is 0 Å². The van der Waals surface area contributed by atoms with Crippen molar-refractivity contribution < 1.29 is 0 Å². The van der Waals surface area contributed by atoms with Crippen molar-refractivity contribution in [3.8, 4) is 61.3 Å². The average molecular weight is 1210 g/mol. The molecule has 0 spiro atoms. The molecule has 4 atom stereocenters. The maximum absolute atomic E-state index is 2.86. The van der Waals surface area contributed by atoms with Crippen LogP contribution in [0.1, 0.15) is 78.4 Å². The minimum absolute atomic E-state index is 0.0313. The number of piperidine rings is 1. The molecule has 12 aromatic carbocycles. The number of hydrogen-bond acceptors (Lipinski definition) is 3. The first kappa shape index (κ1) is 56.6. The first-order valence-electron chi connectivity index (χ1n) is 34.3. The van der Waals surface area contributed by atoms with Crippen LogP contribution in [0, 0.1) is 17.8 Å². The lowest BCUT2D eigenvalue weighted by atomic mass is 9.33. The summed E-state index contributed by atoms with van der Waals surface area (Å²) in [6.07, 6.45) is 5.39. The predicted octanol–water partition coefficient (Wildman–Crippen LogP) is 21.4. The van der Waals surface area contributed by atoms with Gasteiger partial charge in [-0.1, -0.05) is 254 Å². The molecule has 3 fully saturated rings. The van der Waals surface area contributed by atoms with E-state index in [4.69, 9.17) is 0 Å². The van der Waals surface area contributed by atoms with Gasteiger partial charge in [0.15, 0.2) is 0 Å². The van der Waals surface area contributed by atoms with Crippen LogP contribution in [-0.2, 0) is 10.8 Å². The van der Waals surface area contributed by atoms with E-state index in [-0.39, 0.29) is 17.5 Å². The van der Waals surface area contributed by atoms with Crippen molar-refractivity contribution in [2.45, 2.75) is 84.1 Å². The van der Waals surface area contributed by atoms with Gasteiger partial charge in [-0.2, -0.15) is 0 Å². The smallest absolute Gasteiger partial charge is 0.252 e. The molecule has 0 amide bonds. The van der Waals surface area contributed by atoms with Crippen LogP contribution in [-0.4, -0.2) is 23.9 Å². The SMILES string of the molecule is CC(C)(C)c1ccc2c(c1)c1cc(C(C)(C)C)ccc1n2-c1ccc2c(c1)N(c1c(-c3ccccc3)cccc1-c1ccccc1)c1cc(-c3ccccc3)cc3c1B2c1ccc(N2CC4CC5CC4CC2C5)cc1N3c1c(-c2ccccc2)cccc1-c1ccccc1. The molecule has 18 rings (SSSR count). The van der Waals surface area contributed by atoms with Crippen LogP contribution < -0.4 is 31.1 Å². The van der Waals surface area contributed by atoms with Gasteiger partial charge in [-0.25, -0.2) is 0 Å². The van der Waals surface area contributed by atoms with Gasteiger partial charge in [-0.05, 0) is 176 Å². The van der Waals surface area contributed by atoms with E-state index in [9.17, 15) is 0 Å². The molecule has 5 heteroatoms. The van der Waals surface area contributed by atoms with Crippen molar-refractivity contribution in [3.05, 3.63) is 284 Å². The maximum atomic E-state index is 2.86. The number of hydrogen-bond donors (Lipinski definition) is 0. The zero-order valence-electron chi connectivity index (χ0n) is 54.7. The van der Waals surface area contributed by atoms with Gasteiger partial charge in [0.2, 0.25) is 0 Å². The first-order chi connectivity index (χ1) is 45.9. The van der Waals surface area contributed by atoms with Crippen LogP contribution in [0.5, 0.6) is 0 Å². The molecule has 0 N–H and O–H groups in total. The number of benzene rings is 12. The molecule has 456 valence electrons. The molecule has 4 nitrogen and oxygen atoms in total. The zero-order chi connectivity index (χ0) is 63.1. The lowest BCUT2D eigenvalue weighted by molar-refractivity contribution is 0.242. The fraction of sp³-hybridized carbons (Fsp3) is 0.191. The van der Waals surface area contributed by atoms with Gasteiger partial charge >= 0.3 is 0 Å². The average Bonchev–Trinajstić information content (AvgIpc) is 0.776. The third-order valence-electron chi connectivity index (χ3n) is 22.1. The van der Waals surface area contributed by atoms with Crippen LogP contribution in [0.15, 0.2) is 273 Å². The van der Waals surface area contributed by atoms with Gasteiger partial charge in [0.1, 0.15) is 0 Å². The van der Waals surface area contributed by atoms with Crippen molar-refractivity contribution in [3.63, 3.8) is 0 Å². The van der Waals surface area contributed by atoms with Crippen molar-refractivity contribution in [1.82, 2.24) is 4.57 Å². The van der Waals surface area contributed by atoms with E-state index < -0.39 is 0 Å². The molecule has 4 unspecified atom stereocenters. The summed E-state index contributed by atoms with van der Waals surface area (Å²) < 4.78 is 2.57. The Morgan fingerprint density at radius 3 is 1.20 bits per heavy atom. The second-order valence-electron chi connectivity index (χ2n) is 29.7. The number of rotatable bonds is 9. The molecular formula is C89H77BN4. The van der Waals surface area contributed by atoms with Crippen molar-refractivity contribution >= 4 is 84.7 Å². The van der Waals surface area contributed by atoms with Gasteiger partial charge in [0, 0.05) is 79.7 Å². The Morgan fingerprint density at radius 2 is 0.755 bits per heavy atom. The Morgan fingerprint density at radius 1 is 0.340 bits per heavy atom. The van der Waals surface area contributed by atoms with Crippen molar-refractivity contribution in [1.29, 1.82) is 0 Å². The summed E-state index contributed by atoms with van der Waals surface area (Å²) >= 11 is 0. The van der Waals surface area contributed by atoms with Gasteiger partial charge < -0.3 is 19.3 Å². The molecular weight excluding hydrogens is 1140 g/mol. The second kappa shape index (κ2) is 21.8. The Kier molecular flexibility index (Phi) is 13.1. The number of nitrogens with zero attached hydrogens (tertiary/aromatic N) is 4. The highest BCUT2D eigenvalue weighted by atomic mass is 15.2. The second-order valence-corrected chi connectivity index (χ2v) is 29.7. The van der Waals surface area contributed by atoms with Gasteiger partial charge in [-0.3, -0.25) is 0 Å². The van der Waals surface area contributed by atoms with Crippen molar-refractivity contribution in [2.24, 2.45) is 17.8 Å². The molecule has 4 heterocycles. The minimum atomic E-state index is -0.154. The fourth-order valence-electron chi connectivity index (χ4n) is 17.6. The van der Waals surface area contributed by atoms with Crippen LogP contribution in [0.2, 0.25) is 0 Å². The molecule has 1 aromatic heterocycles. The lowest BCUT2D eigenvalue weighted by Crippen LogP contribution is -2.61. The third kappa shape index (κ3) is 9.16. The van der Waals surface area contributed by atoms with Crippen molar-refractivity contribution in [2.75, 3.05) is 21.2 Å². The van der Waals surface area contributed by atoms with E-state index in [0.29, 0.717) is 6.04 Å². The topological polar surface area (TPSA) is 14.7 Å². The molecule has 3 bridgehead atoms. The van der Waals surface area contributed by atoms with Gasteiger partial charge in [0.05, 0.1) is 22.4 Å². The quantitative estimate of drug-likeness (QED) is 0.134. The summed E-state index contributed by atoms with van der Waals surface area (Å²) in [4.78, 5) is 8.32. The Balaban J connectivity index is 0.987. The number of aromatic nitrogens is 1. The number of para-hydroxylation sites is 2. The standard InChI is InChI=1S/C89H77BN4/c1-88(2,3)66-38-44-79-75(52-66)76-53-67(89(4,5)6)39-45-80(76)92(79)69-41-43-78-82(55-69)94(87-73(61-30-18-10-19-31-61)36-23-37-74(87)62-32-20-11-21-33-62)84-51-64(58-24-12-7-13-25-58)50-83-85(84)90(78)77-42-40-68(91-56-65-47-57-46-63(65)49-70(91)48-57)54-81(77)93(83)86-71(59-26-14-8-15-27-59)34-22-35-72(86)60-28-16-9-17-29-60/h7-45,50-55,57,63,65,70H,46-49,56H2,1-6H3. The molecule has 1 saturated heterocycles. The van der Waals surface area contributed by atoms with Gasteiger partial charge in [-0.15, -0.1) is 0 Å². The van der Waals surface area contributed by atoms with E-state index in [0.717, 1.165) is 41.2 Å². The van der Waals surface area contributed by atoms with Crippen LogP contribution >= 0.6 is 0 Å². The molecule has 2 aliphatic carbocycles. The Bertz CT molecular complexity index is 4930. The summed E-state index contributed by atoms with van der Waals surface area (Å²) in [5, 5.41) is 2.56. The summed E-state index contributed by atoms with van der Waals surface area (Å²) in [6, 6.07) is 105. The highest BCUT2D eigenvalue weighted by Gasteiger charge is 2.49. The predicted molar refractivity (Wildman–Crippen MR) is 399 cm³/mol. The number of fused-ring (bicyclic) bond motifs is 9. The fourth-order valence-corrected chi connectivity index (χ4v) is 17.6. The van der Waals surface area contributed by atoms with Crippen LogP contribution in [0.25, 0.3) is 83.1 Å². The first-order valence-corrected chi connectivity index (χ1v) is 34.3. The van der Waals surface area contributed by atoms with E-state index in [1.54, 1.807) is 0 Å². The normalized spacial score (nSPS) is 17.8.